The molecule has 3 N–H and O–H groups in total. The first kappa shape index (κ1) is 12.6. The average Bonchev–Trinajstić information content (AvgIpc) is 2.19. The molecule has 0 aliphatic rings. The molecule has 0 amide bonds. The van der Waals surface area contributed by atoms with Gasteiger partial charge in [-0.15, -0.1) is 0 Å². The van der Waals surface area contributed by atoms with Crippen molar-refractivity contribution in [3.8, 4) is 5.75 Å². The van der Waals surface area contributed by atoms with E-state index in [2.05, 4.69) is 5.32 Å². The van der Waals surface area contributed by atoms with Gasteiger partial charge in [-0.2, -0.15) is 0 Å². The molecule has 0 fully saturated rings. The lowest BCUT2D eigenvalue weighted by molar-refractivity contribution is 0.285. The molecule has 3 nitrogen and oxygen atoms in total. The Kier molecular flexibility index (Phi) is 4.67. The van der Waals surface area contributed by atoms with Crippen LogP contribution in [0.15, 0.2) is 12.1 Å². The molecular formula is C10H13Cl2NO2. The van der Waals surface area contributed by atoms with Crippen molar-refractivity contribution in [2.45, 2.75) is 13.0 Å². The van der Waals surface area contributed by atoms with Crippen molar-refractivity contribution in [3.05, 3.63) is 27.7 Å². The number of halogens is 2. The number of aromatic hydroxyl groups is 1. The van der Waals surface area contributed by atoms with Gasteiger partial charge in [0.1, 0.15) is 5.75 Å². The molecule has 1 aromatic carbocycles. The normalized spacial score (nSPS) is 12.8. The topological polar surface area (TPSA) is 52.5 Å². The van der Waals surface area contributed by atoms with E-state index in [4.69, 9.17) is 28.3 Å². The fourth-order valence-electron chi connectivity index (χ4n) is 1.31. The summed E-state index contributed by atoms with van der Waals surface area (Å²) in [5.74, 6) is 0.0269. The minimum absolute atomic E-state index is 0.0269. The molecule has 84 valence electrons. The smallest absolute Gasteiger partial charge is 0.139 e. The summed E-state index contributed by atoms with van der Waals surface area (Å²) in [4.78, 5) is 0. The molecule has 0 radical (unpaired) electrons. The molecule has 0 heterocycles. The quantitative estimate of drug-likeness (QED) is 0.768. The predicted octanol–water partition coefficient (Wildman–Crippen LogP) is 2.34. The Bertz CT molecular complexity index is 344. The van der Waals surface area contributed by atoms with Gasteiger partial charge in [0.2, 0.25) is 0 Å². The summed E-state index contributed by atoms with van der Waals surface area (Å²) in [6.45, 7) is 2.35. The van der Waals surface area contributed by atoms with Crippen LogP contribution in [0.4, 0.5) is 0 Å². The van der Waals surface area contributed by atoms with Gasteiger partial charge >= 0.3 is 0 Å². The van der Waals surface area contributed by atoms with Gasteiger partial charge in [0.05, 0.1) is 11.6 Å². The molecule has 15 heavy (non-hydrogen) atoms. The van der Waals surface area contributed by atoms with Crippen molar-refractivity contribution in [2.24, 2.45) is 0 Å². The average molecular weight is 250 g/mol. The van der Waals surface area contributed by atoms with Crippen LogP contribution >= 0.6 is 23.2 Å². The lowest BCUT2D eigenvalue weighted by atomic mass is 10.1. The van der Waals surface area contributed by atoms with Gasteiger partial charge in [-0.05, 0) is 19.1 Å². The van der Waals surface area contributed by atoms with Crippen LogP contribution in [0.2, 0.25) is 10.0 Å². The third kappa shape index (κ3) is 3.24. The number of benzene rings is 1. The monoisotopic (exact) mass is 249 g/mol. The van der Waals surface area contributed by atoms with Gasteiger partial charge in [0, 0.05) is 23.2 Å². The molecule has 1 unspecified atom stereocenters. The predicted molar refractivity (Wildman–Crippen MR) is 61.6 cm³/mol. The molecule has 0 bridgehead atoms. The van der Waals surface area contributed by atoms with Gasteiger partial charge in [-0.1, -0.05) is 23.2 Å². The Labute approximate surface area is 98.6 Å². The van der Waals surface area contributed by atoms with E-state index in [1.165, 1.54) is 6.07 Å². The fraction of sp³-hybridized carbons (Fsp3) is 0.400. The zero-order valence-corrected chi connectivity index (χ0v) is 9.81. The lowest BCUT2D eigenvalue weighted by Crippen LogP contribution is -2.22. The number of phenolic OH excluding ortho intramolecular Hbond substituents is 1. The van der Waals surface area contributed by atoms with Gasteiger partial charge < -0.3 is 15.5 Å². The Hall–Kier alpha value is -0.480. The molecule has 0 aliphatic heterocycles. The summed E-state index contributed by atoms with van der Waals surface area (Å²) in [6.07, 6.45) is 0. The first-order valence-corrected chi connectivity index (χ1v) is 5.34. The molecule has 1 rings (SSSR count). The summed E-state index contributed by atoms with van der Waals surface area (Å²) in [5, 5.41) is 22.1. The first-order valence-electron chi connectivity index (χ1n) is 4.58. The molecule has 0 aromatic heterocycles. The van der Waals surface area contributed by atoms with Crippen LogP contribution in [0.25, 0.3) is 0 Å². The fourth-order valence-corrected chi connectivity index (χ4v) is 1.82. The Morgan fingerprint density at radius 3 is 2.67 bits per heavy atom. The second-order valence-electron chi connectivity index (χ2n) is 3.22. The molecular weight excluding hydrogens is 237 g/mol. The molecule has 0 saturated carbocycles. The Balaban J connectivity index is 2.92. The molecule has 1 aromatic rings. The van der Waals surface area contributed by atoms with E-state index in [1.807, 2.05) is 6.92 Å². The van der Waals surface area contributed by atoms with Crippen LogP contribution in [0.3, 0.4) is 0 Å². The zero-order valence-electron chi connectivity index (χ0n) is 8.30. The van der Waals surface area contributed by atoms with Crippen LogP contribution in [0.1, 0.15) is 18.5 Å². The van der Waals surface area contributed by atoms with Crippen LogP contribution in [0.5, 0.6) is 5.75 Å². The van der Waals surface area contributed by atoms with Crippen molar-refractivity contribution >= 4 is 23.2 Å². The van der Waals surface area contributed by atoms with Crippen LogP contribution in [-0.2, 0) is 0 Å². The minimum Gasteiger partial charge on any atom is -0.506 e. The highest BCUT2D eigenvalue weighted by atomic mass is 35.5. The number of nitrogens with one attached hydrogen (secondary N) is 1. The Morgan fingerprint density at radius 1 is 1.40 bits per heavy atom. The van der Waals surface area contributed by atoms with E-state index in [0.29, 0.717) is 17.1 Å². The molecule has 1 atom stereocenters. The maximum atomic E-state index is 9.70. The summed E-state index contributed by atoms with van der Waals surface area (Å²) in [5.41, 5.74) is 0.626. The molecule has 0 aliphatic carbocycles. The third-order valence-electron chi connectivity index (χ3n) is 2.09. The summed E-state index contributed by atoms with van der Waals surface area (Å²) < 4.78 is 0. The van der Waals surface area contributed by atoms with Crippen LogP contribution in [-0.4, -0.2) is 23.4 Å². The van der Waals surface area contributed by atoms with Crippen molar-refractivity contribution in [1.82, 2.24) is 5.32 Å². The van der Waals surface area contributed by atoms with Gasteiger partial charge in [-0.3, -0.25) is 0 Å². The zero-order chi connectivity index (χ0) is 11.4. The van der Waals surface area contributed by atoms with Gasteiger partial charge in [0.15, 0.2) is 0 Å². The Morgan fingerprint density at radius 2 is 2.07 bits per heavy atom. The second kappa shape index (κ2) is 5.56. The van der Waals surface area contributed by atoms with Crippen LogP contribution < -0.4 is 5.32 Å². The van der Waals surface area contributed by atoms with Gasteiger partial charge in [-0.25, -0.2) is 0 Å². The summed E-state index contributed by atoms with van der Waals surface area (Å²) in [7, 11) is 0. The van der Waals surface area contributed by atoms with E-state index in [9.17, 15) is 5.11 Å². The van der Waals surface area contributed by atoms with Gasteiger partial charge in [0.25, 0.3) is 0 Å². The van der Waals surface area contributed by atoms with Crippen molar-refractivity contribution in [1.29, 1.82) is 0 Å². The van der Waals surface area contributed by atoms with E-state index in [0.717, 1.165) is 0 Å². The molecule has 5 heteroatoms. The standard InChI is InChI=1S/C10H13Cl2NO2/c1-6(13-2-3-14)8-4-7(11)5-9(12)10(8)15/h4-6,13-15H,2-3H2,1H3. The first-order chi connectivity index (χ1) is 7.06. The highest BCUT2D eigenvalue weighted by molar-refractivity contribution is 6.35. The van der Waals surface area contributed by atoms with Crippen LogP contribution in [0, 0.1) is 0 Å². The number of phenols is 1. The highest BCUT2D eigenvalue weighted by Crippen LogP contribution is 2.34. The van der Waals surface area contributed by atoms with E-state index < -0.39 is 0 Å². The van der Waals surface area contributed by atoms with Crippen molar-refractivity contribution in [3.63, 3.8) is 0 Å². The van der Waals surface area contributed by atoms with E-state index in [-0.39, 0.29) is 23.4 Å². The number of hydrogen-bond donors (Lipinski definition) is 3. The number of aliphatic hydroxyl groups is 1. The largest absolute Gasteiger partial charge is 0.506 e. The van der Waals surface area contributed by atoms with E-state index >= 15 is 0 Å². The van der Waals surface area contributed by atoms with Crippen molar-refractivity contribution < 1.29 is 10.2 Å². The SMILES string of the molecule is CC(NCCO)c1cc(Cl)cc(Cl)c1O. The maximum Gasteiger partial charge on any atom is 0.139 e. The number of aliphatic hydroxyl groups excluding tert-OH is 1. The number of hydrogen-bond acceptors (Lipinski definition) is 3. The van der Waals surface area contributed by atoms with E-state index in [1.54, 1.807) is 6.07 Å². The maximum absolute atomic E-state index is 9.70. The van der Waals surface area contributed by atoms with Crippen molar-refractivity contribution in [2.75, 3.05) is 13.2 Å². The minimum atomic E-state index is -0.117. The summed E-state index contributed by atoms with van der Waals surface area (Å²) in [6, 6.07) is 3.02. The molecule has 0 saturated heterocycles. The third-order valence-corrected chi connectivity index (χ3v) is 2.59. The molecule has 0 spiro atoms. The number of rotatable bonds is 4. The summed E-state index contributed by atoms with van der Waals surface area (Å²) >= 11 is 11.6. The second-order valence-corrected chi connectivity index (χ2v) is 4.07. The highest BCUT2D eigenvalue weighted by Gasteiger charge is 2.13. The lowest BCUT2D eigenvalue weighted by Gasteiger charge is -2.15.